The van der Waals surface area contributed by atoms with Crippen LogP contribution in [0.1, 0.15) is 30.1 Å². The maximum atomic E-state index is 11.2. The van der Waals surface area contributed by atoms with Gasteiger partial charge in [0.15, 0.2) is 0 Å². The molecule has 1 unspecified atom stereocenters. The van der Waals surface area contributed by atoms with Crippen LogP contribution in [0, 0.1) is 0 Å². The van der Waals surface area contributed by atoms with Gasteiger partial charge < -0.3 is 11.1 Å². The van der Waals surface area contributed by atoms with Crippen LogP contribution in [0.15, 0.2) is 6.20 Å². The first kappa shape index (κ1) is 13.0. The molecule has 2 rings (SSSR count). The van der Waals surface area contributed by atoms with Gasteiger partial charge in [0, 0.05) is 18.3 Å². The van der Waals surface area contributed by atoms with Crippen LogP contribution in [0.4, 0.5) is 0 Å². The van der Waals surface area contributed by atoms with Gasteiger partial charge >= 0.3 is 0 Å². The summed E-state index contributed by atoms with van der Waals surface area (Å²) < 4.78 is 1.89. The van der Waals surface area contributed by atoms with Gasteiger partial charge in [0.2, 0.25) is 5.91 Å². The summed E-state index contributed by atoms with van der Waals surface area (Å²) in [6, 6.07) is 0.0958. The average molecular weight is 245 g/mol. The number of nitrogens with two attached hydrogens (primary N) is 1. The zero-order valence-electron chi connectivity index (χ0n) is 9.27. The zero-order valence-corrected chi connectivity index (χ0v) is 10.1. The summed E-state index contributed by atoms with van der Waals surface area (Å²) in [5.41, 5.74) is 7.65. The van der Waals surface area contributed by atoms with E-state index in [9.17, 15) is 4.79 Å². The van der Waals surface area contributed by atoms with Crippen LogP contribution >= 0.6 is 12.4 Å². The number of aryl methyl sites for hydroxylation is 1. The minimum Gasteiger partial charge on any atom is -0.348 e. The third-order valence-electron chi connectivity index (χ3n) is 2.90. The van der Waals surface area contributed by atoms with Gasteiger partial charge in [-0.25, -0.2) is 0 Å². The van der Waals surface area contributed by atoms with E-state index in [1.54, 1.807) is 0 Å². The van der Waals surface area contributed by atoms with E-state index in [-0.39, 0.29) is 30.9 Å². The van der Waals surface area contributed by atoms with Crippen molar-refractivity contribution in [2.24, 2.45) is 12.8 Å². The molecule has 1 amide bonds. The van der Waals surface area contributed by atoms with Crippen LogP contribution in [0.3, 0.4) is 0 Å². The summed E-state index contributed by atoms with van der Waals surface area (Å²) in [5.74, 6) is -0.100. The molecule has 1 aliphatic carbocycles. The van der Waals surface area contributed by atoms with E-state index < -0.39 is 0 Å². The number of nitrogens with one attached hydrogen (secondary N) is 1. The van der Waals surface area contributed by atoms with E-state index >= 15 is 0 Å². The van der Waals surface area contributed by atoms with E-state index in [1.807, 2.05) is 17.9 Å². The number of halogens is 1. The molecule has 5 nitrogen and oxygen atoms in total. The largest absolute Gasteiger partial charge is 0.348 e. The maximum absolute atomic E-state index is 11.2. The highest BCUT2D eigenvalue weighted by molar-refractivity contribution is 5.85. The topological polar surface area (TPSA) is 72.9 Å². The Morgan fingerprint density at radius 2 is 2.50 bits per heavy atom. The fraction of sp³-hybridized carbons (Fsp3) is 0.600. The smallest absolute Gasteiger partial charge is 0.234 e. The second-order valence-corrected chi connectivity index (χ2v) is 3.89. The van der Waals surface area contributed by atoms with Crippen LogP contribution in [0.25, 0.3) is 0 Å². The summed E-state index contributed by atoms with van der Waals surface area (Å²) in [6.07, 6.45) is 4.95. The van der Waals surface area contributed by atoms with Gasteiger partial charge in [-0.3, -0.25) is 9.48 Å². The predicted octanol–water partition coefficient (Wildman–Crippen LogP) is 0.294. The summed E-state index contributed by atoms with van der Waals surface area (Å²) in [7, 11) is 1.94. The fourth-order valence-corrected chi connectivity index (χ4v) is 2.11. The van der Waals surface area contributed by atoms with Crippen LogP contribution in [0.2, 0.25) is 0 Å². The van der Waals surface area contributed by atoms with E-state index in [0.717, 1.165) is 24.8 Å². The highest BCUT2D eigenvalue weighted by Crippen LogP contribution is 2.28. The lowest BCUT2D eigenvalue weighted by Crippen LogP contribution is -2.35. The number of carbonyl (C=O) groups is 1. The molecule has 0 aromatic carbocycles. The van der Waals surface area contributed by atoms with Crippen molar-refractivity contribution in [2.45, 2.75) is 25.3 Å². The molecule has 0 radical (unpaired) electrons. The third kappa shape index (κ3) is 2.36. The second kappa shape index (κ2) is 5.32. The Kier molecular flexibility index (Phi) is 4.32. The van der Waals surface area contributed by atoms with E-state index in [2.05, 4.69) is 10.4 Å². The van der Waals surface area contributed by atoms with Gasteiger partial charge in [-0.2, -0.15) is 5.10 Å². The van der Waals surface area contributed by atoms with Crippen molar-refractivity contribution in [1.29, 1.82) is 0 Å². The number of rotatable bonds is 2. The monoisotopic (exact) mass is 244 g/mol. The van der Waals surface area contributed by atoms with Gasteiger partial charge in [-0.1, -0.05) is 0 Å². The molecular formula is C10H17ClN4O. The van der Waals surface area contributed by atoms with Crippen molar-refractivity contribution in [3.63, 3.8) is 0 Å². The number of fused-ring (bicyclic) bond motifs is 1. The Morgan fingerprint density at radius 1 is 1.75 bits per heavy atom. The SMILES string of the molecule is Cl.Cn1ncc2c1CCCC2NC(=O)CN. The molecule has 1 aromatic rings. The standard InChI is InChI=1S/C10H16N4O.ClH/c1-14-9-4-2-3-8(7(9)6-12-14)13-10(15)5-11;/h6,8H,2-5,11H2,1H3,(H,13,15);1H. The highest BCUT2D eigenvalue weighted by Gasteiger charge is 2.24. The van der Waals surface area contributed by atoms with Gasteiger partial charge in [-0.05, 0) is 19.3 Å². The van der Waals surface area contributed by atoms with Crippen LogP contribution < -0.4 is 11.1 Å². The van der Waals surface area contributed by atoms with Gasteiger partial charge in [0.1, 0.15) is 0 Å². The molecule has 0 fully saturated rings. The molecule has 0 spiro atoms. The number of hydrogen-bond acceptors (Lipinski definition) is 3. The Hall–Kier alpha value is -1.07. The summed E-state index contributed by atoms with van der Waals surface area (Å²) >= 11 is 0. The summed E-state index contributed by atoms with van der Waals surface area (Å²) in [6.45, 7) is 0.0477. The van der Waals surface area contributed by atoms with Crippen molar-refractivity contribution in [3.05, 3.63) is 17.5 Å². The highest BCUT2D eigenvalue weighted by atomic mass is 35.5. The minimum absolute atomic E-state index is 0. The first-order valence-electron chi connectivity index (χ1n) is 5.22. The summed E-state index contributed by atoms with van der Waals surface area (Å²) in [4.78, 5) is 11.2. The number of nitrogens with zero attached hydrogens (tertiary/aromatic N) is 2. The predicted molar refractivity (Wildman–Crippen MR) is 63.3 cm³/mol. The van der Waals surface area contributed by atoms with Crippen molar-refractivity contribution < 1.29 is 4.79 Å². The molecular weight excluding hydrogens is 228 g/mol. The zero-order chi connectivity index (χ0) is 10.8. The Morgan fingerprint density at radius 3 is 3.19 bits per heavy atom. The van der Waals surface area contributed by atoms with Crippen LogP contribution in [-0.4, -0.2) is 22.2 Å². The quantitative estimate of drug-likeness (QED) is 0.786. The van der Waals surface area contributed by atoms with Gasteiger partial charge in [0.25, 0.3) is 0 Å². The van der Waals surface area contributed by atoms with Crippen molar-refractivity contribution in [1.82, 2.24) is 15.1 Å². The van der Waals surface area contributed by atoms with E-state index in [1.165, 1.54) is 5.69 Å². The molecule has 1 atom stereocenters. The number of amides is 1. The molecule has 90 valence electrons. The first-order chi connectivity index (χ1) is 7.22. The summed E-state index contributed by atoms with van der Waals surface area (Å²) in [5, 5.41) is 7.14. The number of hydrogen-bond donors (Lipinski definition) is 2. The minimum atomic E-state index is -0.100. The Bertz CT molecular complexity index is 377. The Balaban J connectivity index is 0.00000128. The second-order valence-electron chi connectivity index (χ2n) is 3.89. The fourth-order valence-electron chi connectivity index (χ4n) is 2.11. The molecule has 0 bridgehead atoms. The molecule has 6 heteroatoms. The molecule has 0 saturated heterocycles. The van der Waals surface area contributed by atoms with E-state index in [4.69, 9.17) is 5.73 Å². The van der Waals surface area contributed by atoms with Crippen LogP contribution in [-0.2, 0) is 18.3 Å². The van der Waals surface area contributed by atoms with E-state index in [0.29, 0.717) is 0 Å². The first-order valence-corrected chi connectivity index (χ1v) is 5.22. The average Bonchev–Trinajstić information content (AvgIpc) is 2.62. The molecule has 1 aliphatic rings. The third-order valence-corrected chi connectivity index (χ3v) is 2.90. The Labute approximate surface area is 101 Å². The normalized spacial score (nSPS) is 18.5. The lowest BCUT2D eigenvalue weighted by molar-refractivity contribution is -0.120. The maximum Gasteiger partial charge on any atom is 0.234 e. The van der Waals surface area contributed by atoms with Crippen molar-refractivity contribution in [2.75, 3.05) is 6.54 Å². The van der Waals surface area contributed by atoms with Crippen molar-refractivity contribution in [3.8, 4) is 0 Å². The molecule has 0 saturated carbocycles. The molecule has 1 heterocycles. The molecule has 0 aliphatic heterocycles. The van der Waals surface area contributed by atoms with Crippen LogP contribution in [0.5, 0.6) is 0 Å². The van der Waals surface area contributed by atoms with Crippen molar-refractivity contribution >= 4 is 18.3 Å². The van der Waals surface area contributed by atoms with Gasteiger partial charge in [-0.15, -0.1) is 12.4 Å². The molecule has 1 aromatic heterocycles. The number of carbonyl (C=O) groups excluding carboxylic acids is 1. The lowest BCUT2D eigenvalue weighted by atomic mass is 9.93. The van der Waals surface area contributed by atoms with Gasteiger partial charge in [0.05, 0.1) is 18.8 Å². The molecule has 3 N–H and O–H groups in total. The number of aromatic nitrogens is 2. The lowest BCUT2D eigenvalue weighted by Gasteiger charge is -2.23. The molecule has 16 heavy (non-hydrogen) atoms.